The van der Waals surface area contributed by atoms with Crippen LogP contribution in [0.3, 0.4) is 0 Å². The first kappa shape index (κ1) is 13.2. The van der Waals surface area contributed by atoms with Crippen molar-refractivity contribution in [2.75, 3.05) is 13.6 Å². The quantitative estimate of drug-likeness (QED) is 0.768. The minimum Gasteiger partial charge on any atom is -0.319 e. The first-order valence-corrected chi connectivity index (χ1v) is 6.44. The highest BCUT2D eigenvalue weighted by atomic mass is 14.8. The molecule has 16 heavy (non-hydrogen) atoms. The molecule has 0 saturated heterocycles. The Bertz CT molecular complexity index is 302. The van der Waals surface area contributed by atoms with E-state index in [1.165, 1.54) is 24.0 Å². The molecular formula is C15H25N. The second-order valence-corrected chi connectivity index (χ2v) is 4.60. The maximum absolute atomic E-state index is 3.34. The monoisotopic (exact) mass is 219 g/mol. The Morgan fingerprint density at radius 3 is 2.25 bits per heavy atom. The molecule has 0 saturated carbocycles. The SMILES string of the molecule is CCC(CC)C(CNC)c1ccccc1C. The molecule has 1 aromatic carbocycles. The Balaban J connectivity index is 2.97. The molecule has 90 valence electrons. The number of nitrogens with one attached hydrogen (secondary N) is 1. The van der Waals surface area contributed by atoms with Crippen LogP contribution in [0.2, 0.25) is 0 Å². The van der Waals surface area contributed by atoms with Crippen LogP contribution in [0, 0.1) is 12.8 Å². The zero-order valence-electron chi connectivity index (χ0n) is 11.1. The number of benzene rings is 1. The van der Waals surface area contributed by atoms with Crippen LogP contribution < -0.4 is 5.32 Å². The van der Waals surface area contributed by atoms with Crippen molar-refractivity contribution in [3.8, 4) is 0 Å². The molecule has 0 bridgehead atoms. The van der Waals surface area contributed by atoms with Crippen LogP contribution >= 0.6 is 0 Å². The second-order valence-electron chi connectivity index (χ2n) is 4.60. The van der Waals surface area contributed by atoms with Crippen LogP contribution in [0.1, 0.15) is 43.7 Å². The van der Waals surface area contributed by atoms with E-state index in [-0.39, 0.29) is 0 Å². The lowest BCUT2D eigenvalue weighted by Crippen LogP contribution is -2.24. The fourth-order valence-electron chi connectivity index (χ4n) is 2.61. The van der Waals surface area contributed by atoms with E-state index in [0.29, 0.717) is 5.92 Å². The number of likely N-dealkylation sites (N-methyl/N-ethyl adjacent to an activating group) is 1. The standard InChI is InChI=1S/C15H25N/c1-5-13(6-2)15(11-16-4)14-10-8-7-9-12(14)3/h7-10,13,15-16H,5-6,11H2,1-4H3. The molecule has 1 unspecified atom stereocenters. The van der Waals surface area contributed by atoms with Crippen molar-refractivity contribution in [1.29, 1.82) is 0 Å². The van der Waals surface area contributed by atoms with Gasteiger partial charge in [0.15, 0.2) is 0 Å². The van der Waals surface area contributed by atoms with Gasteiger partial charge in [0.25, 0.3) is 0 Å². The van der Waals surface area contributed by atoms with Gasteiger partial charge in [-0.1, -0.05) is 51.0 Å². The van der Waals surface area contributed by atoms with Crippen LogP contribution in [-0.2, 0) is 0 Å². The summed E-state index contributed by atoms with van der Waals surface area (Å²) in [4.78, 5) is 0. The van der Waals surface area contributed by atoms with Crippen LogP contribution in [0.25, 0.3) is 0 Å². The smallest absolute Gasteiger partial charge is 0.00199 e. The van der Waals surface area contributed by atoms with Crippen molar-refractivity contribution in [3.05, 3.63) is 35.4 Å². The van der Waals surface area contributed by atoms with Gasteiger partial charge in [0.1, 0.15) is 0 Å². The molecule has 0 aliphatic rings. The van der Waals surface area contributed by atoms with Crippen LogP contribution in [-0.4, -0.2) is 13.6 Å². The largest absolute Gasteiger partial charge is 0.319 e. The van der Waals surface area contributed by atoms with E-state index in [1.807, 2.05) is 7.05 Å². The Morgan fingerprint density at radius 1 is 1.12 bits per heavy atom. The molecule has 0 heterocycles. The van der Waals surface area contributed by atoms with Gasteiger partial charge in [-0.05, 0) is 36.9 Å². The fraction of sp³-hybridized carbons (Fsp3) is 0.600. The molecule has 0 spiro atoms. The molecule has 1 aromatic rings. The van der Waals surface area contributed by atoms with Crippen LogP contribution in [0.4, 0.5) is 0 Å². The van der Waals surface area contributed by atoms with Gasteiger partial charge in [0.2, 0.25) is 0 Å². The number of hydrogen-bond acceptors (Lipinski definition) is 1. The highest BCUT2D eigenvalue weighted by Crippen LogP contribution is 2.30. The number of rotatable bonds is 6. The van der Waals surface area contributed by atoms with Crippen molar-refractivity contribution in [2.24, 2.45) is 5.92 Å². The van der Waals surface area contributed by atoms with E-state index in [1.54, 1.807) is 0 Å². The Kier molecular flexibility index (Phi) is 5.54. The molecule has 0 amide bonds. The van der Waals surface area contributed by atoms with Gasteiger partial charge in [0.05, 0.1) is 0 Å². The molecule has 1 nitrogen and oxygen atoms in total. The summed E-state index contributed by atoms with van der Waals surface area (Å²) in [7, 11) is 2.05. The van der Waals surface area contributed by atoms with Gasteiger partial charge in [-0.2, -0.15) is 0 Å². The van der Waals surface area contributed by atoms with Gasteiger partial charge in [-0.15, -0.1) is 0 Å². The minimum atomic E-state index is 0.654. The topological polar surface area (TPSA) is 12.0 Å². The summed E-state index contributed by atoms with van der Waals surface area (Å²) in [5.41, 5.74) is 2.94. The molecule has 0 fully saturated rings. The fourth-order valence-corrected chi connectivity index (χ4v) is 2.61. The molecule has 0 aliphatic heterocycles. The summed E-state index contributed by atoms with van der Waals surface area (Å²) in [6, 6.07) is 8.80. The lowest BCUT2D eigenvalue weighted by Gasteiger charge is -2.27. The number of aryl methyl sites for hydroxylation is 1. The van der Waals surface area contributed by atoms with Crippen molar-refractivity contribution >= 4 is 0 Å². The van der Waals surface area contributed by atoms with Crippen LogP contribution in [0.15, 0.2) is 24.3 Å². The van der Waals surface area contributed by atoms with E-state index in [2.05, 4.69) is 50.4 Å². The van der Waals surface area contributed by atoms with Gasteiger partial charge < -0.3 is 5.32 Å². The highest BCUT2D eigenvalue weighted by molar-refractivity contribution is 5.30. The van der Waals surface area contributed by atoms with Gasteiger partial charge in [0, 0.05) is 6.54 Å². The van der Waals surface area contributed by atoms with Crippen molar-refractivity contribution in [1.82, 2.24) is 5.32 Å². The van der Waals surface area contributed by atoms with Crippen LogP contribution in [0.5, 0.6) is 0 Å². The van der Waals surface area contributed by atoms with E-state index >= 15 is 0 Å². The summed E-state index contributed by atoms with van der Waals surface area (Å²) in [5.74, 6) is 1.44. The average Bonchev–Trinajstić information content (AvgIpc) is 2.30. The molecular weight excluding hydrogens is 194 g/mol. The Hall–Kier alpha value is -0.820. The first-order chi connectivity index (χ1) is 7.74. The summed E-state index contributed by atoms with van der Waals surface area (Å²) >= 11 is 0. The van der Waals surface area contributed by atoms with Crippen molar-refractivity contribution in [2.45, 2.75) is 39.5 Å². The summed E-state index contributed by atoms with van der Waals surface area (Å²) in [5, 5.41) is 3.34. The zero-order chi connectivity index (χ0) is 12.0. The maximum atomic E-state index is 3.34. The third-order valence-corrected chi connectivity index (χ3v) is 3.63. The minimum absolute atomic E-state index is 0.654. The number of hydrogen-bond donors (Lipinski definition) is 1. The zero-order valence-corrected chi connectivity index (χ0v) is 11.1. The van der Waals surface area contributed by atoms with E-state index in [9.17, 15) is 0 Å². The maximum Gasteiger partial charge on any atom is 0.00199 e. The van der Waals surface area contributed by atoms with Gasteiger partial charge in [-0.3, -0.25) is 0 Å². The highest BCUT2D eigenvalue weighted by Gasteiger charge is 2.20. The second kappa shape index (κ2) is 6.70. The predicted octanol–water partition coefficient (Wildman–Crippen LogP) is 3.73. The van der Waals surface area contributed by atoms with Crippen molar-refractivity contribution < 1.29 is 0 Å². The lowest BCUT2D eigenvalue weighted by atomic mass is 9.81. The van der Waals surface area contributed by atoms with E-state index in [4.69, 9.17) is 0 Å². The molecule has 0 aromatic heterocycles. The van der Waals surface area contributed by atoms with Gasteiger partial charge in [-0.25, -0.2) is 0 Å². The van der Waals surface area contributed by atoms with E-state index < -0.39 is 0 Å². The van der Waals surface area contributed by atoms with Crippen molar-refractivity contribution in [3.63, 3.8) is 0 Å². The lowest BCUT2D eigenvalue weighted by molar-refractivity contribution is 0.386. The summed E-state index contributed by atoms with van der Waals surface area (Å²) < 4.78 is 0. The molecule has 1 atom stereocenters. The summed E-state index contributed by atoms with van der Waals surface area (Å²) in [6.45, 7) is 7.90. The third kappa shape index (κ3) is 3.08. The first-order valence-electron chi connectivity index (χ1n) is 6.44. The molecule has 1 N–H and O–H groups in total. The predicted molar refractivity (Wildman–Crippen MR) is 71.9 cm³/mol. The molecule has 0 radical (unpaired) electrons. The Morgan fingerprint density at radius 2 is 1.75 bits per heavy atom. The molecule has 1 rings (SSSR count). The normalized spacial score (nSPS) is 13.1. The average molecular weight is 219 g/mol. The van der Waals surface area contributed by atoms with E-state index in [0.717, 1.165) is 12.5 Å². The van der Waals surface area contributed by atoms with Gasteiger partial charge >= 0.3 is 0 Å². The third-order valence-electron chi connectivity index (χ3n) is 3.63. The Labute approximate surface area is 100 Å². The molecule has 1 heteroatoms. The molecule has 0 aliphatic carbocycles. The summed E-state index contributed by atoms with van der Waals surface area (Å²) in [6.07, 6.45) is 2.52.